The number of halogens is 1. The van der Waals surface area contributed by atoms with Crippen LogP contribution in [-0.2, 0) is 6.54 Å². The predicted octanol–water partition coefficient (Wildman–Crippen LogP) is 2.83. The van der Waals surface area contributed by atoms with E-state index in [9.17, 15) is 0 Å². The molecule has 0 saturated carbocycles. The van der Waals surface area contributed by atoms with E-state index in [0.29, 0.717) is 6.54 Å². The predicted molar refractivity (Wildman–Crippen MR) is 113 cm³/mol. The van der Waals surface area contributed by atoms with Gasteiger partial charge in [0.05, 0.1) is 12.9 Å². The molecule has 0 saturated heterocycles. The average Bonchev–Trinajstić information content (AvgIpc) is 3.08. The Morgan fingerprint density at radius 2 is 2.12 bits per heavy atom. The topological polar surface area (TPSA) is 63.5 Å². The highest BCUT2D eigenvalue weighted by Crippen LogP contribution is 2.17. The number of hydrogen-bond donors (Lipinski definition) is 2. The number of aryl methyl sites for hydroxylation is 1. The van der Waals surface area contributed by atoms with Crippen molar-refractivity contribution in [3.8, 4) is 5.75 Å². The van der Waals surface area contributed by atoms with Gasteiger partial charge in [0.15, 0.2) is 5.96 Å². The Hall–Kier alpha value is -1.77. The number of hydrogen-bond acceptors (Lipinski definition) is 3. The molecule has 2 aromatic rings. The molecule has 0 bridgehead atoms. The number of ether oxygens (including phenoxy) is 1. The Bertz CT molecular complexity index is 630. The van der Waals surface area contributed by atoms with Crippen LogP contribution in [0.25, 0.3) is 0 Å². The number of imidazole rings is 1. The maximum absolute atomic E-state index is 5.96. The van der Waals surface area contributed by atoms with Gasteiger partial charge >= 0.3 is 0 Å². The van der Waals surface area contributed by atoms with Gasteiger partial charge in [0, 0.05) is 32.0 Å². The molecule has 138 valence electrons. The van der Waals surface area contributed by atoms with Crippen LogP contribution in [-0.4, -0.2) is 41.2 Å². The molecule has 6 nitrogen and oxygen atoms in total. The van der Waals surface area contributed by atoms with Crippen molar-refractivity contribution in [2.45, 2.75) is 33.4 Å². The summed E-state index contributed by atoms with van der Waals surface area (Å²) in [6, 6.07) is 8.04. The molecule has 0 spiro atoms. The van der Waals surface area contributed by atoms with Gasteiger partial charge in [-0.2, -0.15) is 0 Å². The summed E-state index contributed by atoms with van der Waals surface area (Å²) in [6.45, 7) is 9.19. The lowest BCUT2D eigenvalue weighted by Gasteiger charge is -2.16. The zero-order valence-electron chi connectivity index (χ0n) is 15.1. The maximum atomic E-state index is 5.96. The first kappa shape index (κ1) is 21.3. The van der Waals surface area contributed by atoms with E-state index in [1.54, 1.807) is 6.20 Å². The lowest BCUT2D eigenvalue weighted by Crippen LogP contribution is -2.39. The van der Waals surface area contributed by atoms with E-state index in [-0.39, 0.29) is 30.1 Å². The third kappa shape index (κ3) is 7.76. The van der Waals surface area contributed by atoms with E-state index in [1.807, 2.05) is 55.2 Å². The van der Waals surface area contributed by atoms with Gasteiger partial charge in [0.2, 0.25) is 0 Å². The van der Waals surface area contributed by atoms with Crippen LogP contribution in [0.15, 0.2) is 48.0 Å². The van der Waals surface area contributed by atoms with Crippen LogP contribution in [0.5, 0.6) is 5.75 Å². The second kappa shape index (κ2) is 11.7. The van der Waals surface area contributed by atoms with Crippen molar-refractivity contribution < 1.29 is 4.74 Å². The molecule has 25 heavy (non-hydrogen) atoms. The van der Waals surface area contributed by atoms with Gasteiger partial charge < -0.3 is 19.9 Å². The standard InChI is InChI=1S/C18H27N5O.HI/c1-4-20-18(21-10-12-23-11-9-19-14-23)22-13-16(3)24-17-8-6-5-7-15(17)2;/h5-9,11,14,16H,4,10,12-13H2,1-3H3,(H2,20,21,22);1H. The molecule has 0 amide bonds. The van der Waals surface area contributed by atoms with E-state index in [0.717, 1.165) is 36.9 Å². The summed E-state index contributed by atoms with van der Waals surface area (Å²) in [5.74, 6) is 1.72. The van der Waals surface area contributed by atoms with Crippen LogP contribution in [0.3, 0.4) is 0 Å². The van der Waals surface area contributed by atoms with Crippen molar-refractivity contribution in [2.75, 3.05) is 19.6 Å². The molecule has 0 aliphatic rings. The molecule has 0 aliphatic carbocycles. The first-order valence-electron chi connectivity index (χ1n) is 8.39. The summed E-state index contributed by atoms with van der Waals surface area (Å²) >= 11 is 0. The lowest BCUT2D eigenvalue weighted by atomic mass is 10.2. The van der Waals surface area contributed by atoms with Gasteiger partial charge in [-0.25, -0.2) is 9.98 Å². The Balaban J connectivity index is 0.00000312. The van der Waals surface area contributed by atoms with Crippen LogP contribution in [0.4, 0.5) is 0 Å². The van der Waals surface area contributed by atoms with E-state index < -0.39 is 0 Å². The molecule has 0 radical (unpaired) electrons. The fourth-order valence-electron chi connectivity index (χ4n) is 2.23. The van der Waals surface area contributed by atoms with Crippen molar-refractivity contribution in [1.29, 1.82) is 0 Å². The number of nitrogens with one attached hydrogen (secondary N) is 2. The second-order valence-corrected chi connectivity index (χ2v) is 5.64. The van der Waals surface area contributed by atoms with Gasteiger partial charge in [-0.1, -0.05) is 18.2 Å². The van der Waals surface area contributed by atoms with Crippen molar-refractivity contribution >= 4 is 29.9 Å². The van der Waals surface area contributed by atoms with E-state index >= 15 is 0 Å². The zero-order chi connectivity index (χ0) is 17.2. The second-order valence-electron chi connectivity index (χ2n) is 5.64. The minimum absolute atomic E-state index is 0. The number of para-hydroxylation sites is 1. The first-order chi connectivity index (χ1) is 11.7. The van der Waals surface area contributed by atoms with E-state index in [4.69, 9.17) is 4.74 Å². The van der Waals surface area contributed by atoms with Gasteiger partial charge in [0.25, 0.3) is 0 Å². The molecule has 2 N–H and O–H groups in total. The average molecular weight is 457 g/mol. The molecule has 0 aliphatic heterocycles. The fraction of sp³-hybridized carbons (Fsp3) is 0.444. The van der Waals surface area contributed by atoms with Crippen LogP contribution in [0, 0.1) is 6.92 Å². The minimum atomic E-state index is 0. The van der Waals surface area contributed by atoms with Crippen LogP contribution in [0.2, 0.25) is 0 Å². The summed E-state index contributed by atoms with van der Waals surface area (Å²) in [7, 11) is 0. The number of nitrogens with zero attached hydrogens (tertiary/aromatic N) is 3. The molecule has 1 unspecified atom stereocenters. The fourth-order valence-corrected chi connectivity index (χ4v) is 2.23. The molecule has 1 aromatic heterocycles. The number of aliphatic imine (C=N–C) groups is 1. The molecule has 1 heterocycles. The lowest BCUT2D eigenvalue weighted by molar-refractivity contribution is 0.228. The van der Waals surface area contributed by atoms with Crippen LogP contribution in [0.1, 0.15) is 19.4 Å². The summed E-state index contributed by atoms with van der Waals surface area (Å²) < 4.78 is 7.99. The molecular weight excluding hydrogens is 429 g/mol. The van der Waals surface area contributed by atoms with Gasteiger partial charge in [0.1, 0.15) is 11.9 Å². The van der Waals surface area contributed by atoms with Crippen LogP contribution >= 0.6 is 24.0 Å². The summed E-state index contributed by atoms with van der Waals surface area (Å²) in [4.78, 5) is 8.64. The molecule has 7 heteroatoms. The van der Waals surface area contributed by atoms with Crippen molar-refractivity contribution in [2.24, 2.45) is 4.99 Å². The number of guanidine groups is 1. The highest BCUT2D eigenvalue weighted by molar-refractivity contribution is 14.0. The number of benzene rings is 1. The first-order valence-corrected chi connectivity index (χ1v) is 8.39. The zero-order valence-corrected chi connectivity index (χ0v) is 17.4. The normalized spacial score (nSPS) is 12.2. The molecule has 0 fully saturated rings. The Morgan fingerprint density at radius 3 is 2.80 bits per heavy atom. The van der Waals surface area contributed by atoms with E-state index in [1.165, 1.54) is 0 Å². The highest BCUT2D eigenvalue weighted by atomic mass is 127. The van der Waals surface area contributed by atoms with Crippen LogP contribution < -0.4 is 15.4 Å². The number of rotatable bonds is 8. The van der Waals surface area contributed by atoms with Crippen molar-refractivity contribution in [3.63, 3.8) is 0 Å². The van der Waals surface area contributed by atoms with Gasteiger partial charge in [-0.05, 0) is 32.4 Å². The largest absolute Gasteiger partial charge is 0.489 e. The SMILES string of the molecule is CCNC(=NCC(C)Oc1ccccc1C)NCCn1ccnc1.I. The summed E-state index contributed by atoms with van der Waals surface area (Å²) in [5.41, 5.74) is 1.14. The number of aromatic nitrogens is 2. The van der Waals surface area contributed by atoms with Crippen molar-refractivity contribution in [3.05, 3.63) is 48.5 Å². The molecular formula is C18H28IN5O. The Morgan fingerprint density at radius 1 is 1.32 bits per heavy atom. The van der Waals surface area contributed by atoms with Gasteiger partial charge in [-0.3, -0.25) is 0 Å². The van der Waals surface area contributed by atoms with E-state index in [2.05, 4.69) is 27.5 Å². The summed E-state index contributed by atoms with van der Waals surface area (Å²) in [5, 5.41) is 6.58. The highest BCUT2D eigenvalue weighted by Gasteiger charge is 2.06. The molecule has 2 rings (SSSR count). The smallest absolute Gasteiger partial charge is 0.191 e. The quantitative estimate of drug-likeness (QED) is 0.364. The maximum Gasteiger partial charge on any atom is 0.191 e. The van der Waals surface area contributed by atoms with Crippen molar-refractivity contribution in [1.82, 2.24) is 20.2 Å². The van der Waals surface area contributed by atoms with Gasteiger partial charge in [-0.15, -0.1) is 24.0 Å². The molecule has 1 atom stereocenters. The monoisotopic (exact) mass is 457 g/mol. The summed E-state index contributed by atoms with van der Waals surface area (Å²) in [6.07, 6.45) is 5.55. The molecule has 1 aromatic carbocycles. The Kier molecular flexibility index (Phi) is 9.98. The minimum Gasteiger partial charge on any atom is -0.489 e. The Labute approximate surface area is 167 Å². The third-order valence-corrected chi connectivity index (χ3v) is 3.49. The third-order valence-electron chi connectivity index (χ3n) is 3.49.